The van der Waals surface area contributed by atoms with Crippen molar-refractivity contribution < 1.29 is 22.7 Å². The van der Waals surface area contributed by atoms with E-state index in [1.54, 1.807) is 31.3 Å². The molecule has 1 saturated carbocycles. The number of aromatic amines is 2. The number of alkyl halides is 1. The van der Waals surface area contributed by atoms with Gasteiger partial charge in [0.15, 0.2) is 17.4 Å². The van der Waals surface area contributed by atoms with Crippen molar-refractivity contribution in [3.05, 3.63) is 94.9 Å². The molecule has 2 aromatic heterocycles. The van der Waals surface area contributed by atoms with Gasteiger partial charge >= 0.3 is 0 Å². The Labute approximate surface area is 215 Å². The van der Waals surface area contributed by atoms with E-state index in [-0.39, 0.29) is 41.6 Å². The van der Waals surface area contributed by atoms with Crippen molar-refractivity contribution >= 4 is 17.2 Å². The van der Waals surface area contributed by atoms with Crippen LogP contribution in [-0.2, 0) is 16.9 Å². The van der Waals surface area contributed by atoms with Gasteiger partial charge in [0.05, 0.1) is 5.56 Å². The average molecular weight is 517 g/mol. The summed E-state index contributed by atoms with van der Waals surface area (Å²) in [4.78, 5) is 18.3. The van der Waals surface area contributed by atoms with E-state index in [0.717, 1.165) is 17.2 Å². The first-order chi connectivity index (χ1) is 18.3. The molecule has 6 rings (SSSR count). The SMILES string of the molecule is Cc1c(Oc2ccc(F)c(-c3n[nH]c(Cc4cccc(C5(F)CC(C=O)C5)c4)n3)c2)c(F)cc2[nH]ccc12. The van der Waals surface area contributed by atoms with Gasteiger partial charge in [-0.2, -0.15) is 5.10 Å². The van der Waals surface area contributed by atoms with Crippen molar-refractivity contribution in [2.75, 3.05) is 0 Å². The highest BCUT2D eigenvalue weighted by atomic mass is 19.1. The van der Waals surface area contributed by atoms with E-state index in [1.165, 1.54) is 24.3 Å². The fourth-order valence-corrected chi connectivity index (χ4v) is 5.06. The summed E-state index contributed by atoms with van der Waals surface area (Å²) in [6.45, 7) is 1.76. The summed E-state index contributed by atoms with van der Waals surface area (Å²) < 4.78 is 50.4. The lowest BCUT2D eigenvalue weighted by molar-refractivity contribution is -0.119. The van der Waals surface area contributed by atoms with E-state index in [9.17, 15) is 13.6 Å². The molecule has 1 fully saturated rings. The number of aldehydes is 1. The molecular formula is C29H23F3N4O2. The van der Waals surface area contributed by atoms with Crippen LogP contribution in [0.3, 0.4) is 0 Å². The third kappa shape index (κ3) is 4.23. The molecule has 0 bridgehead atoms. The summed E-state index contributed by atoms with van der Waals surface area (Å²) in [5.74, 6) is -0.461. The minimum atomic E-state index is -1.50. The Hall–Kier alpha value is -4.40. The number of aromatic nitrogens is 4. The Morgan fingerprint density at radius 2 is 1.95 bits per heavy atom. The standard InChI is InChI=1S/C29H23F3N4O2/c1-16-21-7-8-33-25(21)12-24(31)27(16)38-20-5-6-23(30)22(11-20)28-34-26(35-36-28)10-17-3-2-4-19(9-17)29(32)13-18(14-29)15-37/h2-9,11-12,15,18,33H,10,13-14H2,1H3,(H,34,35,36). The molecular weight excluding hydrogens is 493 g/mol. The third-order valence-corrected chi connectivity index (χ3v) is 7.12. The Balaban J connectivity index is 1.23. The number of H-pyrrole nitrogens is 2. The fourth-order valence-electron chi connectivity index (χ4n) is 5.06. The maximum absolute atomic E-state index is 15.1. The lowest BCUT2D eigenvalue weighted by Gasteiger charge is -2.39. The van der Waals surface area contributed by atoms with Crippen LogP contribution in [0.2, 0.25) is 0 Å². The molecule has 1 aliphatic carbocycles. The first kappa shape index (κ1) is 24.0. The minimum Gasteiger partial charge on any atom is -0.454 e. The maximum Gasteiger partial charge on any atom is 0.184 e. The number of hydrogen-bond donors (Lipinski definition) is 2. The second kappa shape index (κ2) is 9.16. The Kier molecular flexibility index (Phi) is 5.78. The Morgan fingerprint density at radius 3 is 2.76 bits per heavy atom. The molecule has 0 unspecified atom stereocenters. The zero-order valence-corrected chi connectivity index (χ0v) is 20.4. The van der Waals surface area contributed by atoms with Crippen molar-refractivity contribution in [2.24, 2.45) is 5.92 Å². The number of aryl methyl sites for hydroxylation is 1. The van der Waals surface area contributed by atoms with Crippen LogP contribution >= 0.6 is 0 Å². The molecule has 0 amide bonds. The van der Waals surface area contributed by atoms with Crippen molar-refractivity contribution in [1.29, 1.82) is 0 Å². The zero-order chi connectivity index (χ0) is 26.4. The molecule has 9 heteroatoms. The van der Waals surface area contributed by atoms with Crippen molar-refractivity contribution in [2.45, 2.75) is 31.9 Å². The summed E-state index contributed by atoms with van der Waals surface area (Å²) in [5.41, 5.74) is 1.21. The Morgan fingerprint density at radius 1 is 1.11 bits per heavy atom. The molecule has 0 spiro atoms. The van der Waals surface area contributed by atoms with E-state index in [1.807, 2.05) is 12.1 Å². The number of nitrogens with zero attached hydrogens (tertiary/aromatic N) is 2. The van der Waals surface area contributed by atoms with E-state index in [2.05, 4.69) is 20.2 Å². The molecule has 3 aromatic carbocycles. The number of rotatable bonds is 7. The normalized spacial score (nSPS) is 18.9. The maximum atomic E-state index is 15.1. The van der Waals surface area contributed by atoms with E-state index < -0.39 is 17.3 Å². The molecule has 1 aliphatic rings. The van der Waals surface area contributed by atoms with Crippen LogP contribution in [0.25, 0.3) is 22.3 Å². The summed E-state index contributed by atoms with van der Waals surface area (Å²) in [6, 6.07) is 14.3. The van der Waals surface area contributed by atoms with Crippen molar-refractivity contribution in [1.82, 2.24) is 20.2 Å². The molecule has 0 atom stereocenters. The molecule has 0 radical (unpaired) electrons. The highest BCUT2D eigenvalue weighted by Gasteiger charge is 2.46. The number of carbonyl (C=O) groups is 1. The van der Waals surface area contributed by atoms with Crippen LogP contribution in [0, 0.1) is 24.5 Å². The quantitative estimate of drug-likeness (QED) is 0.236. The van der Waals surface area contributed by atoms with Gasteiger partial charge in [-0.3, -0.25) is 5.10 Å². The number of nitrogens with one attached hydrogen (secondary N) is 2. The number of carbonyl (C=O) groups excluding carboxylic acids is 1. The molecule has 38 heavy (non-hydrogen) atoms. The first-order valence-electron chi connectivity index (χ1n) is 12.2. The fraction of sp³-hybridized carbons (Fsp3) is 0.207. The number of halogens is 3. The second-order valence-corrected chi connectivity index (χ2v) is 9.75. The van der Waals surface area contributed by atoms with Gasteiger partial charge in [0.1, 0.15) is 29.3 Å². The molecule has 0 aliphatic heterocycles. The van der Waals surface area contributed by atoms with Crippen LogP contribution in [0.4, 0.5) is 13.2 Å². The van der Waals surface area contributed by atoms with Crippen LogP contribution in [-0.4, -0.2) is 26.5 Å². The first-order valence-corrected chi connectivity index (χ1v) is 12.2. The zero-order valence-electron chi connectivity index (χ0n) is 20.4. The predicted molar refractivity (Wildman–Crippen MR) is 136 cm³/mol. The van der Waals surface area contributed by atoms with Crippen LogP contribution in [0.1, 0.15) is 35.4 Å². The molecule has 2 heterocycles. The van der Waals surface area contributed by atoms with Gasteiger partial charge in [0.25, 0.3) is 0 Å². The van der Waals surface area contributed by atoms with Gasteiger partial charge in [-0.25, -0.2) is 18.2 Å². The van der Waals surface area contributed by atoms with Crippen LogP contribution in [0.15, 0.2) is 60.8 Å². The number of hydrogen-bond acceptors (Lipinski definition) is 4. The Bertz CT molecular complexity index is 1670. The smallest absolute Gasteiger partial charge is 0.184 e. The van der Waals surface area contributed by atoms with Crippen molar-refractivity contribution in [3.8, 4) is 22.9 Å². The minimum absolute atomic E-state index is 0.0572. The van der Waals surface area contributed by atoms with Gasteiger partial charge in [-0.05, 0) is 55.2 Å². The highest BCUT2D eigenvalue weighted by molar-refractivity contribution is 5.85. The summed E-state index contributed by atoms with van der Waals surface area (Å²) in [6.07, 6.45) is 3.22. The summed E-state index contributed by atoms with van der Waals surface area (Å²) >= 11 is 0. The van der Waals surface area contributed by atoms with Gasteiger partial charge in [-0.15, -0.1) is 0 Å². The van der Waals surface area contributed by atoms with Crippen LogP contribution < -0.4 is 4.74 Å². The molecule has 192 valence electrons. The number of benzene rings is 3. The predicted octanol–water partition coefficient (Wildman–Crippen LogP) is 6.70. The van der Waals surface area contributed by atoms with E-state index >= 15 is 4.39 Å². The molecule has 6 nitrogen and oxygen atoms in total. The molecule has 5 aromatic rings. The second-order valence-electron chi connectivity index (χ2n) is 9.75. The number of ether oxygens (including phenoxy) is 1. The third-order valence-electron chi connectivity index (χ3n) is 7.12. The van der Waals surface area contributed by atoms with E-state index in [4.69, 9.17) is 4.74 Å². The van der Waals surface area contributed by atoms with Gasteiger partial charge in [0, 0.05) is 41.1 Å². The summed E-state index contributed by atoms with van der Waals surface area (Å²) in [5, 5.41) is 7.80. The highest BCUT2D eigenvalue weighted by Crippen LogP contribution is 2.48. The summed E-state index contributed by atoms with van der Waals surface area (Å²) in [7, 11) is 0. The average Bonchev–Trinajstić information content (AvgIpc) is 3.55. The molecule has 0 saturated heterocycles. The lowest BCUT2D eigenvalue weighted by Crippen LogP contribution is -2.38. The van der Waals surface area contributed by atoms with Gasteiger partial charge in [-0.1, -0.05) is 24.3 Å². The number of fused-ring (bicyclic) bond motifs is 1. The lowest BCUT2D eigenvalue weighted by atomic mass is 9.69. The topological polar surface area (TPSA) is 83.7 Å². The largest absolute Gasteiger partial charge is 0.454 e. The van der Waals surface area contributed by atoms with E-state index in [0.29, 0.717) is 28.9 Å². The van der Waals surface area contributed by atoms with Crippen LogP contribution in [0.5, 0.6) is 11.5 Å². The molecule has 2 N–H and O–H groups in total. The monoisotopic (exact) mass is 516 g/mol. The van der Waals surface area contributed by atoms with Gasteiger partial charge in [0.2, 0.25) is 0 Å². The van der Waals surface area contributed by atoms with Crippen molar-refractivity contribution in [3.63, 3.8) is 0 Å². The van der Waals surface area contributed by atoms with Gasteiger partial charge < -0.3 is 14.5 Å².